The predicted octanol–water partition coefficient (Wildman–Crippen LogP) is 4.74. The highest BCUT2D eigenvalue weighted by Crippen LogP contribution is 2.22. The maximum atomic E-state index is 12.5. The van der Waals surface area contributed by atoms with E-state index in [0.29, 0.717) is 5.56 Å². The van der Waals surface area contributed by atoms with Gasteiger partial charge in [0.1, 0.15) is 5.01 Å². The molecule has 0 unspecified atom stereocenters. The molecular formula is C21H19NO3S. The molecule has 0 aliphatic heterocycles. The Morgan fingerprint density at radius 2 is 1.92 bits per heavy atom. The highest BCUT2D eigenvalue weighted by Gasteiger charge is 2.20. The standard InChI is InChI=1S/C21H19NO3S/c1-13-8-9-14(2)16(12-13)21(24)15(3)25-20(23)11-10-19-22-17-6-4-5-7-18(17)26-19/h4-12,15H,1-3H3/b11-10+/t15-/m0/s1. The third-order valence-corrected chi connectivity index (χ3v) is 4.99. The van der Waals surface area contributed by atoms with E-state index in [1.807, 2.05) is 56.3 Å². The molecule has 132 valence electrons. The van der Waals surface area contributed by atoms with Crippen molar-refractivity contribution in [1.29, 1.82) is 0 Å². The summed E-state index contributed by atoms with van der Waals surface area (Å²) in [6.07, 6.45) is 2.08. The van der Waals surface area contributed by atoms with Crippen LogP contribution in [-0.4, -0.2) is 22.8 Å². The van der Waals surface area contributed by atoms with E-state index in [1.165, 1.54) is 17.4 Å². The van der Waals surface area contributed by atoms with Crippen LogP contribution in [0.5, 0.6) is 0 Å². The highest BCUT2D eigenvalue weighted by molar-refractivity contribution is 7.19. The molecule has 0 saturated heterocycles. The van der Waals surface area contributed by atoms with E-state index in [2.05, 4.69) is 4.98 Å². The third kappa shape index (κ3) is 4.06. The van der Waals surface area contributed by atoms with Gasteiger partial charge in [-0.2, -0.15) is 0 Å². The van der Waals surface area contributed by atoms with Crippen molar-refractivity contribution in [3.63, 3.8) is 0 Å². The zero-order valence-corrected chi connectivity index (χ0v) is 15.7. The van der Waals surface area contributed by atoms with E-state index in [1.54, 1.807) is 13.0 Å². The summed E-state index contributed by atoms with van der Waals surface area (Å²) in [6.45, 7) is 5.38. The first-order valence-electron chi connectivity index (χ1n) is 8.30. The number of carbonyl (C=O) groups excluding carboxylic acids is 2. The van der Waals surface area contributed by atoms with Crippen LogP contribution in [0.25, 0.3) is 16.3 Å². The van der Waals surface area contributed by atoms with Crippen LogP contribution in [0, 0.1) is 13.8 Å². The van der Waals surface area contributed by atoms with Gasteiger partial charge in [0, 0.05) is 11.6 Å². The smallest absolute Gasteiger partial charge is 0.331 e. The molecule has 0 aliphatic carbocycles. The van der Waals surface area contributed by atoms with Crippen LogP contribution >= 0.6 is 11.3 Å². The van der Waals surface area contributed by atoms with Gasteiger partial charge in [0.15, 0.2) is 6.10 Å². The molecule has 1 atom stereocenters. The maximum Gasteiger partial charge on any atom is 0.331 e. The maximum absolute atomic E-state index is 12.5. The van der Waals surface area contributed by atoms with E-state index >= 15 is 0 Å². The Morgan fingerprint density at radius 1 is 1.15 bits per heavy atom. The quantitative estimate of drug-likeness (QED) is 0.372. The monoisotopic (exact) mass is 365 g/mol. The Bertz CT molecular complexity index is 970. The molecule has 0 N–H and O–H groups in total. The van der Waals surface area contributed by atoms with Crippen molar-refractivity contribution >= 4 is 39.4 Å². The molecule has 0 saturated carbocycles. The molecule has 5 heteroatoms. The predicted molar refractivity (Wildman–Crippen MR) is 104 cm³/mol. The molecule has 26 heavy (non-hydrogen) atoms. The molecule has 0 amide bonds. The summed E-state index contributed by atoms with van der Waals surface area (Å²) >= 11 is 1.49. The molecule has 2 aromatic carbocycles. The Kier molecular flexibility index (Phi) is 5.28. The number of aryl methyl sites for hydroxylation is 2. The van der Waals surface area contributed by atoms with Crippen LogP contribution in [-0.2, 0) is 9.53 Å². The number of fused-ring (bicyclic) bond motifs is 1. The Balaban J connectivity index is 1.66. The zero-order chi connectivity index (χ0) is 18.7. The number of ketones is 1. The second-order valence-corrected chi connectivity index (χ2v) is 7.18. The summed E-state index contributed by atoms with van der Waals surface area (Å²) in [5, 5.41) is 0.719. The molecule has 1 heterocycles. The van der Waals surface area contributed by atoms with Gasteiger partial charge in [-0.1, -0.05) is 29.8 Å². The average Bonchev–Trinajstić information content (AvgIpc) is 3.04. The molecule has 0 spiro atoms. The van der Waals surface area contributed by atoms with Gasteiger partial charge in [-0.3, -0.25) is 4.79 Å². The molecule has 4 nitrogen and oxygen atoms in total. The second kappa shape index (κ2) is 7.62. The number of carbonyl (C=O) groups is 2. The third-order valence-electron chi connectivity index (χ3n) is 3.99. The van der Waals surface area contributed by atoms with Gasteiger partial charge < -0.3 is 4.74 Å². The number of ether oxygens (including phenoxy) is 1. The van der Waals surface area contributed by atoms with Crippen molar-refractivity contribution in [2.75, 3.05) is 0 Å². The first-order chi connectivity index (χ1) is 12.4. The van der Waals surface area contributed by atoms with Gasteiger partial charge in [-0.05, 0) is 50.6 Å². The Morgan fingerprint density at radius 3 is 2.69 bits per heavy atom. The van der Waals surface area contributed by atoms with Crippen LogP contribution in [0.2, 0.25) is 0 Å². The van der Waals surface area contributed by atoms with Crippen LogP contribution in [0.3, 0.4) is 0 Å². The number of para-hydroxylation sites is 1. The number of thiazole rings is 1. The van der Waals surface area contributed by atoms with E-state index in [9.17, 15) is 9.59 Å². The van der Waals surface area contributed by atoms with Crippen molar-refractivity contribution in [1.82, 2.24) is 4.98 Å². The lowest BCUT2D eigenvalue weighted by Gasteiger charge is -2.13. The molecule has 0 fully saturated rings. The van der Waals surface area contributed by atoms with Gasteiger partial charge in [0.05, 0.1) is 10.2 Å². The van der Waals surface area contributed by atoms with Crippen molar-refractivity contribution < 1.29 is 14.3 Å². The lowest BCUT2D eigenvalue weighted by atomic mass is 9.99. The van der Waals surface area contributed by atoms with Crippen molar-refractivity contribution in [2.45, 2.75) is 26.9 Å². The van der Waals surface area contributed by atoms with E-state index in [-0.39, 0.29) is 5.78 Å². The summed E-state index contributed by atoms with van der Waals surface area (Å²) in [4.78, 5) is 29.0. The molecular weight excluding hydrogens is 346 g/mol. The fraction of sp³-hybridized carbons (Fsp3) is 0.190. The fourth-order valence-electron chi connectivity index (χ4n) is 2.59. The van der Waals surface area contributed by atoms with E-state index in [0.717, 1.165) is 26.4 Å². The average molecular weight is 365 g/mol. The summed E-state index contributed by atoms with van der Waals surface area (Å²) in [5.41, 5.74) is 3.34. The molecule has 0 aliphatic rings. The first-order valence-corrected chi connectivity index (χ1v) is 9.11. The SMILES string of the molecule is Cc1ccc(C)c(C(=O)[C@H](C)OC(=O)/C=C/c2nc3ccccc3s2)c1. The van der Waals surface area contributed by atoms with Gasteiger partial charge in [0.25, 0.3) is 0 Å². The van der Waals surface area contributed by atoms with Crippen LogP contribution in [0.4, 0.5) is 0 Å². The number of aromatic nitrogens is 1. The van der Waals surface area contributed by atoms with Crippen LogP contribution in [0.1, 0.15) is 33.4 Å². The molecule has 1 aromatic heterocycles. The Hall–Kier alpha value is -2.79. The first kappa shape index (κ1) is 18.0. The Labute approximate surface area is 156 Å². The minimum atomic E-state index is -0.844. The number of nitrogens with zero attached hydrogens (tertiary/aromatic N) is 1. The minimum Gasteiger partial charge on any atom is -0.451 e. The normalized spacial score (nSPS) is 12.4. The largest absolute Gasteiger partial charge is 0.451 e. The molecule has 0 radical (unpaired) electrons. The fourth-order valence-corrected chi connectivity index (χ4v) is 3.46. The zero-order valence-electron chi connectivity index (χ0n) is 14.9. The number of esters is 1. The van der Waals surface area contributed by atoms with Gasteiger partial charge in [-0.25, -0.2) is 9.78 Å². The van der Waals surface area contributed by atoms with Crippen LogP contribution < -0.4 is 0 Å². The van der Waals surface area contributed by atoms with E-state index in [4.69, 9.17) is 4.74 Å². The number of rotatable bonds is 5. The number of Topliss-reactive ketones (excluding diaryl/α,β-unsaturated/α-hetero) is 1. The molecule has 3 aromatic rings. The van der Waals surface area contributed by atoms with Gasteiger partial charge in [0.2, 0.25) is 5.78 Å². The summed E-state index contributed by atoms with van der Waals surface area (Å²) in [7, 11) is 0. The number of benzene rings is 2. The summed E-state index contributed by atoms with van der Waals surface area (Å²) in [6, 6.07) is 13.4. The van der Waals surface area contributed by atoms with E-state index < -0.39 is 12.1 Å². The number of hydrogen-bond donors (Lipinski definition) is 0. The van der Waals surface area contributed by atoms with Crippen molar-refractivity contribution in [3.05, 3.63) is 70.2 Å². The van der Waals surface area contributed by atoms with Crippen LogP contribution in [0.15, 0.2) is 48.5 Å². The lowest BCUT2D eigenvalue weighted by Crippen LogP contribution is -2.24. The summed E-state index contributed by atoms with van der Waals surface area (Å²) < 4.78 is 6.31. The topological polar surface area (TPSA) is 56.3 Å². The van der Waals surface area contributed by atoms with Crippen molar-refractivity contribution in [2.24, 2.45) is 0 Å². The summed E-state index contributed by atoms with van der Waals surface area (Å²) in [5.74, 6) is -0.761. The molecule has 0 bridgehead atoms. The second-order valence-electron chi connectivity index (χ2n) is 6.11. The lowest BCUT2D eigenvalue weighted by molar-refractivity contribution is -0.140. The minimum absolute atomic E-state index is 0.201. The van der Waals surface area contributed by atoms with Gasteiger partial charge in [-0.15, -0.1) is 11.3 Å². The van der Waals surface area contributed by atoms with Gasteiger partial charge >= 0.3 is 5.97 Å². The molecule has 3 rings (SSSR count). The highest BCUT2D eigenvalue weighted by atomic mass is 32.1. The number of hydrogen-bond acceptors (Lipinski definition) is 5. The van der Waals surface area contributed by atoms with Crippen molar-refractivity contribution in [3.8, 4) is 0 Å².